The van der Waals surface area contributed by atoms with Crippen LogP contribution < -0.4 is 11.1 Å². The SMILES string of the molecule is COCCCNC(=O)CN1CCCC(C)C1CN. The van der Waals surface area contributed by atoms with Crippen LogP contribution in [-0.4, -0.2) is 56.7 Å². The molecule has 2 unspecified atom stereocenters. The maximum atomic E-state index is 11.8. The molecule has 0 aromatic carbocycles. The lowest BCUT2D eigenvalue weighted by atomic mass is 9.91. The highest BCUT2D eigenvalue weighted by Gasteiger charge is 2.28. The second-order valence-corrected chi connectivity index (χ2v) is 5.09. The van der Waals surface area contributed by atoms with E-state index in [1.807, 2.05) is 0 Å². The first-order chi connectivity index (χ1) is 8.69. The zero-order valence-corrected chi connectivity index (χ0v) is 11.7. The molecule has 0 spiro atoms. The van der Waals surface area contributed by atoms with Crippen LogP contribution in [0.1, 0.15) is 26.2 Å². The molecule has 0 radical (unpaired) electrons. The number of ether oxygens (including phenoxy) is 1. The molecule has 18 heavy (non-hydrogen) atoms. The fourth-order valence-electron chi connectivity index (χ4n) is 2.60. The second kappa shape index (κ2) is 8.45. The summed E-state index contributed by atoms with van der Waals surface area (Å²) in [5.74, 6) is 0.684. The molecule has 1 heterocycles. The molecule has 1 saturated heterocycles. The van der Waals surface area contributed by atoms with Crippen LogP contribution in [0, 0.1) is 5.92 Å². The molecule has 1 rings (SSSR count). The van der Waals surface area contributed by atoms with Crippen LogP contribution in [-0.2, 0) is 9.53 Å². The molecule has 1 amide bonds. The first-order valence-electron chi connectivity index (χ1n) is 6.88. The van der Waals surface area contributed by atoms with Gasteiger partial charge in [-0.15, -0.1) is 0 Å². The van der Waals surface area contributed by atoms with Crippen molar-refractivity contribution in [3.63, 3.8) is 0 Å². The van der Waals surface area contributed by atoms with Crippen molar-refractivity contribution in [1.82, 2.24) is 10.2 Å². The number of carbonyl (C=O) groups excluding carboxylic acids is 1. The maximum absolute atomic E-state index is 11.8. The van der Waals surface area contributed by atoms with E-state index in [0.29, 0.717) is 38.2 Å². The smallest absolute Gasteiger partial charge is 0.234 e. The number of amides is 1. The molecule has 0 bridgehead atoms. The molecular weight excluding hydrogens is 230 g/mol. The van der Waals surface area contributed by atoms with Crippen LogP contribution in [0.3, 0.4) is 0 Å². The number of nitrogens with zero attached hydrogens (tertiary/aromatic N) is 1. The summed E-state index contributed by atoms with van der Waals surface area (Å²) >= 11 is 0. The van der Waals surface area contributed by atoms with Gasteiger partial charge in [-0.2, -0.15) is 0 Å². The standard InChI is InChI=1S/C13H27N3O2/c1-11-5-3-7-16(12(11)9-14)10-13(17)15-6-4-8-18-2/h11-12H,3-10,14H2,1-2H3,(H,15,17). The number of piperidine rings is 1. The van der Waals surface area contributed by atoms with E-state index in [9.17, 15) is 4.79 Å². The summed E-state index contributed by atoms with van der Waals surface area (Å²) in [6, 6.07) is 0.350. The molecule has 1 aliphatic heterocycles. The molecule has 0 aromatic heterocycles. The summed E-state index contributed by atoms with van der Waals surface area (Å²) in [5, 5.41) is 2.92. The summed E-state index contributed by atoms with van der Waals surface area (Å²) in [7, 11) is 1.67. The van der Waals surface area contributed by atoms with Crippen LogP contribution in [0.2, 0.25) is 0 Å². The van der Waals surface area contributed by atoms with Gasteiger partial charge in [-0.3, -0.25) is 9.69 Å². The van der Waals surface area contributed by atoms with E-state index in [1.165, 1.54) is 6.42 Å². The van der Waals surface area contributed by atoms with Crippen molar-refractivity contribution in [1.29, 1.82) is 0 Å². The highest BCUT2D eigenvalue weighted by Crippen LogP contribution is 2.21. The van der Waals surface area contributed by atoms with Crippen LogP contribution in [0.4, 0.5) is 0 Å². The number of likely N-dealkylation sites (tertiary alicyclic amines) is 1. The molecule has 1 fully saturated rings. The first-order valence-corrected chi connectivity index (χ1v) is 6.88. The van der Waals surface area contributed by atoms with Crippen LogP contribution in [0.25, 0.3) is 0 Å². The Morgan fingerprint density at radius 3 is 3.00 bits per heavy atom. The average Bonchev–Trinajstić information content (AvgIpc) is 2.35. The molecule has 1 aliphatic rings. The summed E-state index contributed by atoms with van der Waals surface area (Å²) < 4.78 is 4.94. The minimum absolute atomic E-state index is 0.0960. The van der Waals surface area contributed by atoms with Gasteiger partial charge in [0.1, 0.15) is 0 Å². The maximum Gasteiger partial charge on any atom is 0.234 e. The summed E-state index contributed by atoms with van der Waals surface area (Å²) in [6.45, 7) is 5.69. The van der Waals surface area contributed by atoms with Crippen molar-refractivity contribution in [3.8, 4) is 0 Å². The fraction of sp³-hybridized carbons (Fsp3) is 0.923. The number of rotatable bonds is 7. The summed E-state index contributed by atoms with van der Waals surface area (Å²) in [4.78, 5) is 14.0. The lowest BCUT2D eigenvalue weighted by molar-refractivity contribution is -0.123. The molecule has 5 heteroatoms. The predicted octanol–water partition coefficient (Wildman–Crippen LogP) is 0.198. The van der Waals surface area contributed by atoms with Gasteiger partial charge < -0.3 is 15.8 Å². The van der Waals surface area contributed by atoms with Gasteiger partial charge in [0.2, 0.25) is 5.91 Å². The molecule has 0 aliphatic carbocycles. The number of hydrogen-bond donors (Lipinski definition) is 2. The van der Waals surface area contributed by atoms with E-state index in [0.717, 1.165) is 19.4 Å². The Morgan fingerprint density at radius 2 is 2.33 bits per heavy atom. The number of carbonyl (C=O) groups is 1. The molecule has 5 nitrogen and oxygen atoms in total. The van der Waals surface area contributed by atoms with Gasteiger partial charge in [0.15, 0.2) is 0 Å². The van der Waals surface area contributed by atoms with Crippen molar-refractivity contribution >= 4 is 5.91 Å². The van der Waals surface area contributed by atoms with Crippen molar-refractivity contribution < 1.29 is 9.53 Å². The third kappa shape index (κ3) is 4.92. The highest BCUT2D eigenvalue weighted by molar-refractivity contribution is 5.78. The Labute approximate surface area is 110 Å². The van der Waals surface area contributed by atoms with E-state index in [4.69, 9.17) is 10.5 Å². The first kappa shape index (κ1) is 15.4. The van der Waals surface area contributed by atoms with E-state index in [2.05, 4.69) is 17.1 Å². The highest BCUT2D eigenvalue weighted by atomic mass is 16.5. The monoisotopic (exact) mass is 257 g/mol. The Hall–Kier alpha value is -0.650. The minimum Gasteiger partial charge on any atom is -0.385 e. The Morgan fingerprint density at radius 1 is 1.56 bits per heavy atom. The van der Waals surface area contributed by atoms with Gasteiger partial charge >= 0.3 is 0 Å². The Balaban J connectivity index is 2.28. The third-order valence-electron chi connectivity index (χ3n) is 3.67. The molecule has 2 atom stereocenters. The number of nitrogens with two attached hydrogens (primary N) is 1. The van der Waals surface area contributed by atoms with E-state index in [1.54, 1.807) is 7.11 Å². The lowest BCUT2D eigenvalue weighted by Gasteiger charge is -2.38. The van der Waals surface area contributed by atoms with E-state index >= 15 is 0 Å². The normalized spacial score (nSPS) is 25.1. The fourth-order valence-corrected chi connectivity index (χ4v) is 2.60. The number of hydrogen-bond acceptors (Lipinski definition) is 4. The van der Waals surface area contributed by atoms with Crippen LogP contribution in [0.15, 0.2) is 0 Å². The van der Waals surface area contributed by atoms with Crippen LogP contribution in [0.5, 0.6) is 0 Å². The van der Waals surface area contributed by atoms with Gasteiger partial charge in [0.05, 0.1) is 6.54 Å². The van der Waals surface area contributed by atoms with Gasteiger partial charge in [-0.25, -0.2) is 0 Å². The Kier molecular flexibility index (Phi) is 7.23. The molecule has 3 N–H and O–H groups in total. The predicted molar refractivity (Wildman–Crippen MR) is 72.3 cm³/mol. The molecular formula is C13H27N3O2. The zero-order chi connectivity index (χ0) is 13.4. The Bertz CT molecular complexity index is 248. The summed E-state index contributed by atoms with van der Waals surface area (Å²) in [5.41, 5.74) is 5.81. The third-order valence-corrected chi connectivity index (χ3v) is 3.67. The minimum atomic E-state index is 0.0960. The van der Waals surface area contributed by atoms with Gasteiger partial charge in [-0.1, -0.05) is 6.92 Å². The van der Waals surface area contributed by atoms with Gasteiger partial charge in [-0.05, 0) is 31.7 Å². The topological polar surface area (TPSA) is 67.6 Å². The van der Waals surface area contributed by atoms with E-state index < -0.39 is 0 Å². The van der Waals surface area contributed by atoms with Crippen molar-refractivity contribution in [2.24, 2.45) is 11.7 Å². The van der Waals surface area contributed by atoms with Gasteiger partial charge in [0.25, 0.3) is 0 Å². The zero-order valence-electron chi connectivity index (χ0n) is 11.7. The largest absolute Gasteiger partial charge is 0.385 e. The van der Waals surface area contributed by atoms with Crippen molar-refractivity contribution in [2.45, 2.75) is 32.2 Å². The number of nitrogens with one attached hydrogen (secondary N) is 1. The van der Waals surface area contributed by atoms with Crippen molar-refractivity contribution in [3.05, 3.63) is 0 Å². The lowest BCUT2D eigenvalue weighted by Crippen LogP contribution is -2.52. The van der Waals surface area contributed by atoms with Crippen LogP contribution >= 0.6 is 0 Å². The number of methoxy groups -OCH3 is 1. The average molecular weight is 257 g/mol. The van der Waals surface area contributed by atoms with E-state index in [-0.39, 0.29) is 5.91 Å². The molecule has 106 valence electrons. The van der Waals surface area contributed by atoms with Crippen molar-refractivity contribution in [2.75, 3.05) is 39.9 Å². The molecule has 0 saturated carbocycles. The summed E-state index contributed by atoms with van der Waals surface area (Å²) in [6.07, 6.45) is 3.24. The van der Waals surface area contributed by atoms with Gasteiger partial charge in [0, 0.05) is 32.8 Å². The second-order valence-electron chi connectivity index (χ2n) is 5.09. The molecule has 0 aromatic rings. The quantitative estimate of drug-likeness (QED) is 0.639.